The third-order valence-corrected chi connectivity index (χ3v) is 4.11. The van der Waals surface area contributed by atoms with E-state index >= 15 is 0 Å². The number of nitrogens with one attached hydrogen (secondary N) is 1. The molecular weight excluding hydrogens is 229 g/mol. The van der Waals surface area contributed by atoms with Crippen LogP contribution < -0.4 is 0 Å². The van der Waals surface area contributed by atoms with Gasteiger partial charge in [-0.3, -0.25) is 4.79 Å². The minimum absolute atomic E-state index is 0.104. The maximum Gasteiger partial charge on any atom is 0.168 e. The Morgan fingerprint density at radius 3 is 2.94 bits per heavy atom. The standard InChI is InChI=1S/C15H16FNO/c1-9-3-2-4-11(9)15(18)13-8-17-14-6-5-10(16)7-12(13)14/h5-9,11,17H,2-4H2,1H3. The Morgan fingerprint density at radius 1 is 1.39 bits per heavy atom. The zero-order valence-electron chi connectivity index (χ0n) is 10.4. The first-order valence-corrected chi connectivity index (χ1v) is 6.47. The summed E-state index contributed by atoms with van der Waals surface area (Å²) in [7, 11) is 0. The number of aromatic amines is 1. The van der Waals surface area contributed by atoms with Crippen LogP contribution in [-0.4, -0.2) is 10.8 Å². The molecular formula is C15H16FNO. The number of ketones is 1. The predicted octanol–water partition coefficient (Wildman–Crippen LogP) is 3.93. The molecule has 0 spiro atoms. The Bertz CT molecular complexity index is 602. The molecule has 2 aromatic rings. The highest BCUT2D eigenvalue weighted by Crippen LogP contribution is 2.35. The molecule has 0 amide bonds. The van der Waals surface area contributed by atoms with Crippen LogP contribution in [0, 0.1) is 17.7 Å². The number of hydrogen-bond acceptors (Lipinski definition) is 1. The van der Waals surface area contributed by atoms with E-state index in [1.54, 1.807) is 12.3 Å². The van der Waals surface area contributed by atoms with Crippen LogP contribution in [0.4, 0.5) is 4.39 Å². The summed E-state index contributed by atoms with van der Waals surface area (Å²) in [6.07, 6.45) is 4.92. The van der Waals surface area contributed by atoms with E-state index in [2.05, 4.69) is 11.9 Å². The lowest BCUT2D eigenvalue weighted by Gasteiger charge is -2.13. The highest BCUT2D eigenvalue weighted by molar-refractivity contribution is 6.09. The number of benzene rings is 1. The molecule has 1 aromatic heterocycles. The van der Waals surface area contributed by atoms with Crippen LogP contribution >= 0.6 is 0 Å². The fourth-order valence-corrected chi connectivity index (χ4v) is 3.03. The Kier molecular flexibility index (Phi) is 2.69. The Labute approximate surface area is 105 Å². The Balaban J connectivity index is 2.03. The number of H-pyrrole nitrogens is 1. The van der Waals surface area contributed by atoms with E-state index in [4.69, 9.17) is 0 Å². The highest BCUT2D eigenvalue weighted by atomic mass is 19.1. The fourth-order valence-electron chi connectivity index (χ4n) is 3.03. The van der Waals surface area contributed by atoms with Gasteiger partial charge in [0.1, 0.15) is 5.82 Å². The van der Waals surface area contributed by atoms with E-state index in [0.717, 1.165) is 24.8 Å². The first-order valence-electron chi connectivity index (χ1n) is 6.47. The maximum atomic E-state index is 13.3. The van der Waals surface area contributed by atoms with Crippen molar-refractivity contribution in [2.45, 2.75) is 26.2 Å². The minimum atomic E-state index is -0.296. The van der Waals surface area contributed by atoms with E-state index in [1.165, 1.54) is 12.1 Å². The second kappa shape index (κ2) is 4.23. The van der Waals surface area contributed by atoms with Gasteiger partial charge in [-0.25, -0.2) is 4.39 Å². The van der Waals surface area contributed by atoms with Gasteiger partial charge in [0.2, 0.25) is 0 Å². The van der Waals surface area contributed by atoms with Crippen LogP contribution in [0.2, 0.25) is 0 Å². The molecule has 1 saturated carbocycles. The maximum absolute atomic E-state index is 13.3. The number of halogens is 1. The highest BCUT2D eigenvalue weighted by Gasteiger charge is 2.31. The predicted molar refractivity (Wildman–Crippen MR) is 69.1 cm³/mol. The molecule has 0 aliphatic heterocycles. The topological polar surface area (TPSA) is 32.9 Å². The van der Waals surface area contributed by atoms with Gasteiger partial charge in [0.15, 0.2) is 5.78 Å². The van der Waals surface area contributed by atoms with Gasteiger partial charge in [-0.1, -0.05) is 13.3 Å². The Hall–Kier alpha value is -1.64. The number of carbonyl (C=O) groups is 1. The first-order chi connectivity index (χ1) is 8.66. The van der Waals surface area contributed by atoms with Crippen molar-refractivity contribution in [3.63, 3.8) is 0 Å². The number of carbonyl (C=O) groups excluding carboxylic acids is 1. The van der Waals surface area contributed by atoms with Crippen LogP contribution in [0.15, 0.2) is 24.4 Å². The average Bonchev–Trinajstić information content (AvgIpc) is 2.94. The molecule has 1 aromatic carbocycles. The van der Waals surface area contributed by atoms with E-state index in [9.17, 15) is 9.18 Å². The van der Waals surface area contributed by atoms with Crippen molar-refractivity contribution < 1.29 is 9.18 Å². The van der Waals surface area contributed by atoms with Gasteiger partial charge in [0, 0.05) is 28.6 Å². The normalized spacial score (nSPS) is 23.7. The fraction of sp³-hybridized carbons (Fsp3) is 0.400. The number of hydrogen-bond donors (Lipinski definition) is 1. The van der Waals surface area contributed by atoms with E-state index in [-0.39, 0.29) is 17.5 Å². The molecule has 1 N–H and O–H groups in total. The number of Topliss-reactive ketones (excluding diaryl/α,β-unsaturated/α-hetero) is 1. The van der Waals surface area contributed by atoms with Crippen LogP contribution in [0.1, 0.15) is 36.5 Å². The molecule has 0 bridgehead atoms. The summed E-state index contributed by atoms with van der Waals surface area (Å²) in [6, 6.07) is 4.53. The Morgan fingerprint density at radius 2 is 2.22 bits per heavy atom. The summed E-state index contributed by atoms with van der Waals surface area (Å²) >= 11 is 0. The van der Waals surface area contributed by atoms with Crippen molar-refractivity contribution >= 4 is 16.7 Å². The lowest BCUT2D eigenvalue weighted by Crippen LogP contribution is -2.16. The molecule has 3 rings (SSSR count). The van der Waals surface area contributed by atoms with Crippen molar-refractivity contribution in [1.29, 1.82) is 0 Å². The second-order valence-electron chi connectivity index (χ2n) is 5.27. The third kappa shape index (κ3) is 1.74. The van der Waals surface area contributed by atoms with Gasteiger partial charge in [0.25, 0.3) is 0 Å². The largest absolute Gasteiger partial charge is 0.360 e. The van der Waals surface area contributed by atoms with Crippen LogP contribution in [-0.2, 0) is 0 Å². The van der Waals surface area contributed by atoms with Crippen LogP contribution in [0.3, 0.4) is 0 Å². The van der Waals surface area contributed by atoms with Gasteiger partial charge >= 0.3 is 0 Å². The first kappa shape index (κ1) is 11.5. The summed E-state index contributed by atoms with van der Waals surface area (Å²) in [4.78, 5) is 15.5. The summed E-state index contributed by atoms with van der Waals surface area (Å²) in [5.74, 6) is 0.413. The van der Waals surface area contributed by atoms with Crippen molar-refractivity contribution in [2.75, 3.05) is 0 Å². The monoisotopic (exact) mass is 245 g/mol. The summed E-state index contributed by atoms with van der Waals surface area (Å²) < 4.78 is 13.3. The van der Waals surface area contributed by atoms with Gasteiger partial charge in [-0.2, -0.15) is 0 Å². The van der Waals surface area contributed by atoms with E-state index in [0.29, 0.717) is 16.9 Å². The molecule has 94 valence electrons. The van der Waals surface area contributed by atoms with Crippen LogP contribution in [0.25, 0.3) is 10.9 Å². The van der Waals surface area contributed by atoms with Gasteiger partial charge in [-0.05, 0) is 37.0 Å². The van der Waals surface area contributed by atoms with Crippen LogP contribution in [0.5, 0.6) is 0 Å². The summed E-state index contributed by atoms with van der Waals surface area (Å²) in [5, 5.41) is 0.708. The molecule has 18 heavy (non-hydrogen) atoms. The lowest BCUT2D eigenvalue weighted by atomic mass is 9.89. The molecule has 1 aliphatic rings. The van der Waals surface area contributed by atoms with Gasteiger partial charge < -0.3 is 4.98 Å². The van der Waals surface area contributed by atoms with Crippen molar-refractivity contribution in [2.24, 2.45) is 11.8 Å². The van der Waals surface area contributed by atoms with E-state index < -0.39 is 0 Å². The molecule has 3 heteroatoms. The average molecular weight is 245 g/mol. The summed E-state index contributed by atoms with van der Waals surface area (Å²) in [5.41, 5.74) is 1.47. The van der Waals surface area contributed by atoms with Crippen molar-refractivity contribution in [3.05, 3.63) is 35.8 Å². The van der Waals surface area contributed by atoms with Crippen molar-refractivity contribution in [3.8, 4) is 0 Å². The number of aromatic nitrogens is 1. The van der Waals surface area contributed by atoms with Crippen molar-refractivity contribution in [1.82, 2.24) is 4.98 Å². The zero-order valence-corrected chi connectivity index (χ0v) is 10.4. The smallest absolute Gasteiger partial charge is 0.168 e. The molecule has 1 aliphatic carbocycles. The zero-order chi connectivity index (χ0) is 12.7. The molecule has 0 saturated heterocycles. The van der Waals surface area contributed by atoms with Gasteiger partial charge in [-0.15, -0.1) is 0 Å². The molecule has 2 unspecified atom stereocenters. The molecule has 0 radical (unpaired) electrons. The minimum Gasteiger partial charge on any atom is -0.360 e. The molecule has 1 fully saturated rings. The summed E-state index contributed by atoms with van der Waals surface area (Å²) in [6.45, 7) is 2.13. The van der Waals surface area contributed by atoms with Gasteiger partial charge in [0.05, 0.1) is 0 Å². The second-order valence-corrected chi connectivity index (χ2v) is 5.27. The lowest BCUT2D eigenvalue weighted by molar-refractivity contribution is 0.0899. The molecule has 1 heterocycles. The van der Waals surface area contributed by atoms with E-state index in [1.807, 2.05) is 0 Å². The number of fused-ring (bicyclic) bond motifs is 1. The molecule has 2 atom stereocenters. The third-order valence-electron chi connectivity index (χ3n) is 4.11. The number of rotatable bonds is 2. The SMILES string of the molecule is CC1CCCC1C(=O)c1c[nH]c2ccc(F)cc12. The quantitative estimate of drug-likeness (QED) is 0.799. The molecule has 2 nitrogen and oxygen atoms in total.